The second-order valence-electron chi connectivity index (χ2n) is 5.99. The molecule has 0 fully saturated rings. The Balaban J connectivity index is 1.86. The maximum Gasteiger partial charge on any atom is 0.323 e. The van der Waals surface area contributed by atoms with Crippen LogP contribution in [0, 0.1) is 5.82 Å². The van der Waals surface area contributed by atoms with Crippen LogP contribution < -0.4 is 5.32 Å². The molecule has 4 rings (SSSR count). The van der Waals surface area contributed by atoms with E-state index in [-0.39, 0.29) is 17.8 Å². The fourth-order valence-electron chi connectivity index (χ4n) is 3.45. The number of rotatable bonds is 2. The summed E-state index contributed by atoms with van der Waals surface area (Å²) in [5, 5.41) is 4.44. The van der Waals surface area contributed by atoms with Crippen molar-refractivity contribution < 1.29 is 13.9 Å². The van der Waals surface area contributed by atoms with E-state index in [4.69, 9.17) is 4.74 Å². The smallest absolute Gasteiger partial charge is 0.323 e. The average Bonchev–Trinajstić information content (AvgIpc) is 2.99. The van der Waals surface area contributed by atoms with Gasteiger partial charge in [0.05, 0.1) is 13.2 Å². The number of hydrogen-bond acceptors (Lipinski definition) is 3. The van der Waals surface area contributed by atoms with E-state index in [1.54, 1.807) is 12.1 Å². The number of H-pyrrole nitrogens is 1. The molecule has 1 aliphatic rings. The van der Waals surface area contributed by atoms with Crippen LogP contribution in [0.3, 0.4) is 0 Å². The molecule has 0 saturated carbocycles. The van der Waals surface area contributed by atoms with Gasteiger partial charge in [-0.05, 0) is 29.3 Å². The van der Waals surface area contributed by atoms with Crippen molar-refractivity contribution in [3.63, 3.8) is 0 Å². The number of nitrogens with one attached hydrogen (secondary N) is 2. The molecule has 0 amide bonds. The van der Waals surface area contributed by atoms with Crippen LogP contribution in [0.4, 0.5) is 4.39 Å². The summed E-state index contributed by atoms with van der Waals surface area (Å²) in [6.45, 7) is 0. The number of hydrogen-bond donors (Lipinski definition) is 2. The molecule has 0 radical (unpaired) electrons. The molecule has 1 aromatic heterocycles. The molecule has 0 unspecified atom stereocenters. The zero-order valence-electron chi connectivity index (χ0n) is 13.2. The third-order valence-electron chi connectivity index (χ3n) is 4.60. The number of methoxy groups -OCH3 is 1. The van der Waals surface area contributed by atoms with Crippen LogP contribution in [0.2, 0.25) is 0 Å². The van der Waals surface area contributed by atoms with Crippen LogP contribution in [-0.4, -0.2) is 24.1 Å². The van der Waals surface area contributed by atoms with Gasteiger partial charge in [-0.3, -0.25) is 10.1 Å². The number of ether oxygens (including phenoxy) is 1. The van der Waals surface area contributed by atoms with Crippen molar-refractivity contribution in [3.8, 4) is 0 Å². The van der Waals surface area contributed by atoms with Gasteiger partial charge in [-0.15, -0.1) is 0 Å². The van der Waals surface area contributed by atoms with E-state index in [9.17, 15) is 9.18 Å². The quantitative estimate of drug-likeness (QED) is 0.712. The summed E-state index contributed by atoms with van der Waals surface area (Å²) >= 11 is 0. The molecule has 2 N–H and O–H groups in total. The third kappa shape index (κ3) is 2.37. The van der Waals surface area contributed by atoms with Crippen LogP contribution in [0.1, 0.15) is 22.9 Å². The predicted octanol–water partition coefficient (Wildman–Crippen LogP) is 3.08. The Labute approximate surface area is 138 Å². The van der Waals surface area contributed by atoms with Crippen molar-refractivity contribution in [2.24, 2.45) is 0 Å². The fraction of sp³-hybridized carbons (Fsp3) is 0.211. The highest BCUT2D eigenvalue weighted by Crippen LogP contribution is 2.35. The largest absolute Gasteiger partial charge is 0.468 e. The summed E-state index contributed by atoms with van der Waals surface area (Å²) < 4.78 is 18.2. The molecule has 5 heteroatoms. The number of carbonyl (C=O) groups excluding carboxylic acids is 1. The number of aromatic amines is 1. The molecule has 122 valence electrons. The maximum absolute atomic E-state index is 13.3. The fourth-order valence-corrected chi connectivity index (χ4v) is 3.45. The highest BCUT2D eigenvalue weighted by molar-refractivity contribution is 5.87. The number of esters is 1. The Morgan fingerprint density at radius 2 is 1.92 bits per heavy atom. The molecule has 0 saturated heterocycles. The third-order valence-corrected chi connectivity index (χ3v) is 4.60. The van der Waals surface area contributed by atoms with Crippen molar-refractivity contribution in [1.82, 2.24) is 10.3 Å². The number of aromatic nitrogens is 1. The standard InChI is InChI=1S/C19H17FN2O2/c1-24-19(23)16-10-14-13-4-2-3-5-15(13)21-18(14)17(22-16)11-6-8-12(20)9-7-11/h2-9,16-17,21-22H,10H2,1H3/t16-,17-/m0/s1. The molecule has 4 nitrogen and oxygen atoms in total. The molecule has 2 atom stereocenters. The van der Waals surface area contributed by atoms with Gasteiger partial charge in [0.2, 0.25) is 0 Å². The second-order valence-corrected chi connectivity index (χ2v) is 5.99. The highest BCUT2D eigenvalue weighted by Gasteiger charge is 2.34. The molecule has 0 aliphatic carbocycles. The first-order valence-corrected chi connectivity index (χ1v) is 7.86. The number of para-hydroxylation sites is 1. The normalized spacial score (nSPS) is 19.9. The van der Waals surface area contributed by atoms with E-state index >= 15 is 0 Å². The zero-order valence-corrected chi connectivity index (χ0v) is 13.2. The Kier molecular flexibility index (Phi) is 3.58. The first-order valence-electron chi connectivity index (χ1n) is 7.86. The van der Waals surface area contributed by atoms with Gasteiger partial charge in [-0.1, -0.05) is 30.3 Å². The predicted molar refractivity (Wildman–Crippen MR) is 89.2 cm³/mol. The monoisotopic (exact) mass is 324 g/mol. The van der Waals surface area contributed by atoms with E-state index < -0.39 is 6.04 Å². The van der Waals surface area contributed by atoms with E-state index in [0.717, 1.165) is 27.7 Å². The van der Waals surface area contributed by atoms with Gasteiger partial charge >= 0.3 is 5.97 Å². The molecule has 24 heavy (non-hydrogen) atoms. The number of benzene rings is 2. The minimum absolute atomic E-state index is 0.217. The van der Waals surface area contributed by atoms with Gasteiger partial charge in [-0.2, -0.15) is 0 Å². The summed E-state index contributed by atoms with van der Waals surface area (Å²) in [4.78, 5) is 15.6. The highest BCUT2D eigenvalue weighted by atomic mass is 19.1. The van der Waals surface area contributed by atoms with Gasteiger partial charge in [-0.25, -0.2) is 4.39 Å². The Bertz CT molecular complexity index is 901. The van der Waals surface area contributed by atoms with Crippen molar-refractivity contribution in [2.75, 3.05) is 7.11 Å². The first kappa shape index (κ1) is 14.9. The summed E-state index contributed by atoms with van der Waals surface area (Å²) in [6, 6.07) is 13.7. The number of halogens is 1. The first-order chi connectivity index (χ1) is 11.7. The summed E-state index contributed by atoms with van der Waals surface area (Å²) in [6.07, 6.45) is 0.559. The lowest BCUT2D eigenvalue weighted by atomic mass is 9.90. The van der Waals surface area contributed by atoms with Crippen LogP contribution in [0.5, 0.6) is 0 Å². The van der Waals surface area contributed by atoms with E-state index in [1.807, 2.05) is 24.3 Å². The molecular weight excluding hydrogens is 307 g/mol. The SMILES string of the molecule is COC(=O)[C@@H]1Cc2c([nH]c3ccccc23)[C@H](c2ccc(F)cc2)N1. The molecule has 3 aromatic rings. The van der Waals surface area contributed by atoms with Crippen molar-refractivity contribution >= 4 is 16.9 Å². The summed E-state index contributed by atoms with van der Waals surface area (Å²) in [5.74, 6) is -0.575. The van der Waals surface area contributed by atoms with Crippen LogP contribution in [-0.2, 0) is 16.0 Å². The molecule has 0 bridgehead atoms. The van der Waals surface area contributed by atoms with Crippen molar-refractivity contribution in [3.05, 3.63) is 71.2 Å². The molecule has 0 spiro atoms. The van der Waals surface area contributed by atoms with Crippen LogP contribution >= 0.6 is 0 Å². The summed E-state index contributed by atoms with van der Waals surface area (Å²) in [7, 11) is 1.39. The Morgan fingerprint density at radius 3 is 2.67 bits per heavy atom. The Morgan fingerprint density at radius 1 is 1.17 bits per heavy atom. The van der Waals surface area contributed by atoms with Gasteiger partial charge in [0, 0.05) is 23.0 Å². The lowest BCUT2D eigenvalue weighted by Gasteiger charge is -2.30. The average molecular weight is 324 g/mol. The van der Waals surface area contributed by atoms with Crippen LogP contribution in [0.25, 0.3) is 10.9 Å². The zero-order chi connectivity index (χ0) is 16.7. The Hall–Kier alpha value is -2.66. The van der Waals surface area contributed by atoms with E-state index in [2.05, 4.69) is 10.3 Å². The maximum atomic E-state index is 13.3. The topological polar surface area (TPSA) is 54.1 Å². The molecule has 2 aromatic carbocycles. The van der Waals surface area contributed by atoms with Crippen molar-refractivity contribution in [1.29, 1.82) is 0 Å². The molecule has 2 heterocycles. The van der Waals surface area contributed by atoms with Crippen molar-refractivity contribution in [2.45, 2.75) is 18.5 Å². The van der Waals surface area contributed by atoms with Gasteiger partial charge < -0.3 is 9.72 Å². The molecular formula is C19H17FN2O2. The van der Waals surface area contributed by atoms with E-state index in [1.165, 1.54) is 19.2 Å². The lowest BCUT2D eigenvalue weighted by molar-refractivity contribution is -0.143. The minimum atomic E-state index is -0.434. The van der Waals surface area contributed by atoms with Gasteiger partial charge in [0.1, 0.15) is 11.9 Å². The van der Waals surface area contributed by atoms with Gasteiger partial charge in [0.15, 0.2) is 0 Å². The lowest BCUT2D eigenvalue weighted by Crippen LogP contribution is -2.45. The molecule has 1 aliphatic heterocycles. The van der Waals surface area contributed by atoms with Gasteiger partial charge in [0.25, 0.3) is 0 Å². The second kappa shape index (κ2) is 5.76. The minimum Gasteiger partial charge on any atom is -0.468 e. The number of fused-ring (bicyclic) bond motifs is 3. The summed E-state index contributed by atoms with van der Waals surface area (Å²) in [5.41, 5.74) is 4.05. The van der Waals surface area contributed by atoms with Crippen LogP contribution in [0.15, 0.2) is 48.5 Å². The number of carbonyl (C=O) groups is 1. The van der Waals surface area contributed by atoms with E-state index in [0.29, 0.717) is 6.42 Å².